The Hall–Kier alpha value is -1.76. The van der Waals surface area contributed by atoms with Crippen molar-refractivity contribution in [2.24, 2.45) is 0 Å². The highest BCUT2D eigenvalue weighted by Gasteiger charge is 2.27. The lowest BCUT2D eigenvalue weighted by atomic mass is 10.0. The first kappa shape index (κ1) is 18.0. The highest BCUT2D eigenvalue weighted by Crippen LogP contribution is 2.20. The van der Waals surface area contributed by atoms with Crippen LogP contribution in [0.5, 0.6) is 0 Å². The Morgan fingerprint density at radius 3 is 2.88 bits per heavy atom. The van der Waals surface area contributed by atoms with E-state index in [2.05, 4.69) is 21.8 Å². The molecular formula is C19H27FN4O. The topological polar surface area (TPSA) is 44.5 Å². The molecule has 3 rings (SSSR count). The second-order valence-electron chi connectivity index (χ2n) is 6.70. The summed E-state index contributed by atoms with van der Waals surface area (Å²) in [5, 5.41) is 14.7. The summed E-state index contributed by atoms with van der Waals surface area (Å²) in [6, 6.07) is 8.62. The largest absolute Gasteiger partial charge is 0.387 e. The Balaban J connectivity index is 1.53. The highest BCUT2D eigenvalue weighted by molar-refractivity contribution is 5.19. The first-order valence-electron chi connectivity index (χ1n) is 9.03. The molecule has 2 heterocycles. The number of halogens is 1. The van der Waals surface area contributed by atoms with Crippen molar-refractivity contribution < 1.29 is 9.50 Å². The number of β-amino-alcohol motifs (C(OH)–C–C–N with tert-alkyl or cyclic N) is 1. The van der Waals surface area contributed by atoms with E-state index in [1.165, 1.54) is 12.1 Å². The standard InChI is InChI=1S/C19H27FN4O/c1-2-18-14-22(10-12-24-8-4-7-21-24)9-11-23(18)15-19(25)16-5-3-6-17(20)13-16/h3-8,13,18-19,25H,2,9-12,14-15H2,1H3/t18-,19+/m1/s1. The average Bonchev–Trinajstić information content (AvgIpc) is 3.14. The van der Waals surface area contributed by atoms with Gasteiger partial charge in [0.2, 0.25) is 0 Å². The number of hydrogen-bond donors (Lipinski definition) is 1. The van der Waals surface area contributed by atoms with E-state index in [1.807, 2.05) is 16.9 Å². The molecule has 1 aromatic carbocycles. The van der Waals surface area contributed by atoms with Crippen molar-refractivity contribution in [3.8, 4) is 0 Å². The molecule has 0 unspecified atom stereocenters. The zero-order valence-electron chi connectivity index (χ0n) is 14.8. The normalized spacial score (nSPS) is 20.7. The van der Waals surface area contributed by atoms with Gasteiger partial charge in [0.1, 0.15) is 5.82 Å². The maximum atomic E-state index is 13.4. The Morgan fingerprint density at radius 2 is 2.16 bits per heavy atom. The van der Waals surface area contributed by atoms with Gasteiger partial charge in [-0.1, -0.05) is 19.1 Å². The summed E-state index contributed by atoms with van der Waals surface area (Å²) in [5.74, 6) is -0.299. The molecule has 1 aliphatic rings. The molecule has 25 heavy (non-hydrogen) atoms. The van der Waals surface area contributed by atoms with E-state index in [4.69, 9.17) is 0 Å². The van der Waals surface area contributed by atoms with Gasteiger partial charge in [-0.3, -0.25) is 14.5 Å². The summed E-state index contributed by atoms with van der Waals surface area (Å²) in [6.07, 6.45) is 4.18. The van der Waals surface area contributed by atoms with Crippen LogP contribution in [0.2, 0.25) is 0 Å². The van der Waals surface area contributed by atoms with E-state index in [9.17, 15) is 9.50 Å². The maximum absolute atomic E-state index is 13.4. The third kappa shape index (κ3) is 4.87. The molecule has 1 aliphatic heterocycles. The van der Waals surface area contributed by atoms with Gasteiger partial charge in [0, 0.05) is 51.2 Å². The van der Waals surface area contributed by atoms with Crippen molar-refractivity contribution in [3.63, 3.8) is 0 Å². The Bertz CT molecular complexity index is 649. The van der Waals surface area contributed by atoms with Crippen LogP contribution in [0.15, 0.2) is 42.7 Å². The van der Waals surface area contributed by atoms with Gasteiger partial charge >= 0.3 is 0 Å². The van der Waals surface area contributed by atoms with Gasteiger partial charge in [-0.05, 0) is 30.2 Å². The minimum atomic E-state index is -0.652. The molecule has 0 radical (unpaired) electrons. The fourth-order valence-electron chi connectivity index (χ4n) is 3.51. The molecule has 0 aliphatic carbocycles. The first-order chi connectivity index (χ1) is 12.2. The van der Waals surface area contributed by atoms with E-state index in [-0.39, 0.29) is 5.82 Å². The quantitative estimate of drug-likeness (QED) is 0.834. The molecule has 1 fully saturated rings. The molecule has 0 saturated carbocycles. The highest BCUT2D eigenvalue weighted by atomic mass is 19.1. The minimum Gasteiger partial charge on any atom is -0.387 e. The number of rotatable bonds is 7. The predicted octanol–water partition coefficient (Wildman–Crippen LogP) is 2.15. The van der Waals surface area contributed by atoms with Crippen molar-refractivity contribution in [1.29, 1.82) is 0 Å². The van der Waals surface area contributed by atoms with Crippen LogP contribution in [-0.2, 0) is 6.54 Å². The lowest BCUT2D eigenvalue weighted by Gasteiger charge is -2.42. The Kier molecular flexibility index (Phi) is 6.18. The number of nitrogens with zero attached hydrogens (tertiary/aromatic N) is 4. The molecule has 6 heteroatoms. The van der Waals surface area contributed by atoms with Crippen LogP contribution in [0.1, 0.15) is 25.0 Å². The molecule has 1 aromatic heterocycles. The van der Waals surface area contributed by atoms with Crippen molar-refractivity contribution >= 4 is 0 Å². The SMILES string of the molecule is CC[C@@H]1CN(CCn2cccn2)CCN1C[C@H](O)c1cccc(F)c1. The second kappa shape index (κ2) is 8.56. The smallest absolute Gasteiger partial charge is 0.123 e. The summed E-state index contributed by atoms with van der Waals surface area (Å²) >= 11 is 0. The summed E-state index contributed by atoms with van der Waals surface area (Å²) < 4.78 is 15.3. The van der Waals surface area contributed by atoms with Crippen LogP contribution in [-0.4, -0.2) is 63.5 Å². The summed E-state index contributed by atoms with van der Waals surface area (Å²) in [4.78, 5) is 4.79. The van der Waals surface area contributed by atoms with Crippen molar-refractivity contribution in [3.05, 3.63) is 54.1 Å². The number of benzene rings is 1. The van der Waals surface area contributed by atoms with E-state index in [1.54, 1.807) is 18.3 Å². The number of aromatic nitrogens is 2. The van der Waals surface area contributed by atoms with Gasteiger partial charge in [0.25, 0.3) is 0 Å². The third-order valence-corrected chi connectivity index (χ3v) is 5.01. The number of aliphatic hydroxyl groups is 1. The lowest BCUT2D eigenvalue weighted by Crippen LogP contribution is -2.54. The van der Waals surface area contributed by atoms with Crippen LogP contribution in [0.4, 0.5) is 4.39 Å². The Labute approximate surface area is 148 Å². The van der Waals surface area contributed by atoms with Crippen LogP contribution in [0, 0.1) is 5.82 Å². The maximum Gasteiger partial charge on any atom is 0.123 e. The molecule has 2 aromatic rings. The van der Waals surface area contributed by atoms with E-state index in [0.717, 1.165) is 39.1 Å². The zero-order chi connectivity index (χ0) is 17.6. The summed E-state index contributed by atoms with van der Waals surface area (Å²) in [5.41, 5.74) is 0.649. The fourth-order valence-corrected chi connectivity index (χ4v) is 3.51. The first-order valence-corrected chi connectivity index (χ1v) is 9.03. The van der Waals surface area contributed by atoms with E-state index >= 15 is 0 Å². The molecule has 136 valence electrons. The Morgan fingerprint density at radius 1 is 1.28 bits per heavy atom. The van der Waals surface area contributed by atoms with Gasteiger partial charge in [-0.2, -0.15) is 5.10 Å². The fraction of sp³-hybridized carbons (Fsp3) is 0.526. The molecule has 1 N–H and O–H groups in total. The van der Waals surface area contributed by atoms with Crippen molar-refractivity contribution in [2.75, 3.05) is 32.7 Å². The molecule has 2 atom stereocenters. The molecule has 1 saturated heterocycles. The number of piperazine rings is 1. The molecule has 5 nitrogen and oxygen atoms in total. The number of aliphatic hydroxyl groups excluding tert-OH is 1. The minimum absolute atomic E-state index is 0.299. The van der Waals surface area contributed by atoms with Crippen molar-refractivity contribution in [2.45, 2.75) is 32.0 Å². The van der Waals surface area contributed by atoms with E-state index in [0.29, 0.717) is 18.2 Å². The lowest BCUT2D eigenvalue weighted by molar-refractivity contribution is 0.0294. The average molecular weight is 346 g/mol. The van der Waals surface area contributed by atoms with Gasteiger partial charge in [-0.15, -0.1) is 0 Å². The third-order valence-electron chi connectivity index (χ3n) is 5.01. The van der Waals surface area contributed by atoms with Gasteiger partial charge in [0.05, 0.1) is 12.6 Å². The van der Waals surface area contributed by atoms with Crippen LogP contribution >= 0.6 is 0 Å². The van der Waals surface area contributed by atoms with Gasteiger partial charge in [0.15, 0.2) is 0 Å². The molecule has 0 amide bonds. The molecule has 0 bridgehead atoms. The molecule has 0 spiro atoms. The van der Waals surface area contributed by atoms with E-state index < -0.39 is 6.10 Å². The summed E-state index contributed by atoms with van der Waals surface area (Å²) in [6.45, 7) is 7.51. The van der Waals surface area contributed by atoms with Crippen LogP contribution in [0.3, 0.4) is 0 Å². The number of hydrogen-bond acceptors (Lipinski definition) is 4. The monoisotopic (exact) mass is 346 g/mol. The van der Waals surface area contributed by atoms with Gasteiger partial charge < -0.3 is 5.11 Å². The van der Waals surface area contributed by atoms with Crippen molar-refractivity contribution in [1.82, 2.24) is 19.6 Å². The predicted molar refractivity (Wildman–Crippen MR) is 95.7 cm³/mol. The molecular weight excluding hydrogens is 319 g/mol. The van der Waals surface area contributed by atoms with Crippen LogP contribution in [0.25, 0.3) is 0 Å². The zero-order valence-corrected chi connectivity index (χ0v) is 14.8. The van der Waals surface area contributed by atoms with Gasteiger partial charge in [-0.25, -0.2) is 4.39 Å². The second-order valence-corrected chi connectivity index (χ2v) is 6.70. The summed E-state index contributed by atoms with van der Waals surface area (Å²) in [7, 11) is 0. The van der Waals surface area contributed by atoms with Crippen LogP contribution < -0.4 is 0 Å².